The van der Waals surface area contributed by atoms with Gasteiger partial charge in [-0.05, 0) is 31.5 Å². The monoisotopic (exact) mass is 241 g/mol. The Hall–Kier alpha value is -0.930. The minimum atomic E-state index is 0.226. The number of piperidine rings is 1. The number of nitrogens with one attached hydrogen (secondary N) is 1. The number of hydrogen-bond acceptors (Lipinski definition) is 3. The summed E-state index contributed by atoms with van der Waals surface area (Å²) in [4.78, 5) is 0. The van der Waals surface area contributed by atoms with Crippen molar-refractivity contribution < 1.29 is 9.47 Å². The summed E-state index contributed by atoms with van der Waals surface area (Å²) in [5, 5.41) is 3.97. The van der Waals surface area contributed by atoms with Gasteiger partial charge in [-0.1, -0.05) is 11.6 Å². The number of benzene rings is 1. The highest BCUT2D eigenvalue weighted by atomic mass is 35.5. The molecule has 2 rings (SSSR count). The van der Waals surface area contributed by atoms with Crippen LogP contribution < -0.4 is 14.8 Å². The van der Waals surface area contributed by atoms with Crippen LogP contribution in [0.25, 0.3) is 0 Å². The standard InChI is InChI=1S/C12H16ClNO2/c1-15-12-7-9(13)4-5-11(12)16-10-3-2-6-14-8-10/h4-5,7,10,14H,2-3,6,8H2,1H3. The van der Waals surface area contributed by atoms with Gasteiger partial charge in [-0.3, -0.25) is 0 Å². The molecule has 1 aliphatic heterocycles. The quantitative estimate of drug-likeness (QED) is 0.882. The van der Waals surface area contributed by atoms with Gasteiger partial charge in [0.2, 0.25) is 0 Å². The van der Waals surface area contributed by atoms with Gasteiger partial charge < -0.3 is 14.8 Å². The summed E-state index contributed by atoms with van der Waals surface area (Å²) in [6, 6.07) is 5.44. The van der Waals surface area contributed by atoms with Gasteiger partial charge in [0.15, 0.2) is 11.5 Å². The molecular formula is C12H16ClNO2. The average Bonchev–Trinajstić information content (AvgIpc) is 2.33. The Morgan fingerprint density at radius 2 is 2.25 bits per heavy atom. The zero-order valence-corrected chi connectivity index (χ0v) is 10.1. The van der Waals surface area contributed by atoms with Gasteiger partial charge in [0.1, 0.15) is 6.10 Å². The molecule has 1 aliphatic rings. The molecular weight excluding hydrogens is 226 g/mol. The number of methoxy groups -OCH3 is 1. The van der Waals surface area contributed by atoms with Crippen molar-refractivity contribution >= 4 is 11.6 Å². The second-order valence-electron chi connectivity index (χ2n) is 3.88. The van der Waals surface area contributed by atoms with Crippen molar-refractivity contribution in [2.45, 2.75) is 18.9 Å². The van der Waals surface area contributed by atoms with Crippen LogP contribution >= 0.6 is 11.6 Å². The normalized spacial score (nSPS) is 20.5. The minimum Gasteiger partial charge on any atom is -0.493 e. The number of rotatable bonds is 3. The molecule has 1 aromatic carbocycles. The van der Waals surface area contributed by atoms with Crippen molar-refractivity contribution in [1.82, 2.24) is 5.32 Å². The Labute approximate surface area is 101 Å². The van der Waals surface area contributed by atoms with Crippen molar-refractivity contribution in [2.24, 2.45) is 0 Å². The van der Waals surface area contributed by atoms with E-state index in [9.17, 15) is 0 Å². The summed E-state index contributed by atoms with van der Waals surface area (Å²) >= 11 is 5.89. The first-order chi connectivity index (χ1) is 7.79. The summed E-state index contributed by atoms with van der Waals surface area (Å²) in [5.74, 6) is 1.46. The number of halogens is 1. The van der Waals surface area contributed by atoms with Crippen LogP contribution in [0.2, 0.25) is 5.02 Å². The summed E-state index contributed by atoms with van der Waals surface area (Å²) in [7, 11) is 1.62. The van der Waals surface area contributed by atoms with Crippen LogP contribution in [0.3, 0.4) is 0 Å². The van der Waals surface area contributed by atoms with E-state index in [1.54, 1.807) is 13.2 Å². The fourth-order valence-electron chi connectivity index (χ4n) is 1.84. The molecule has 1 heterocycles. The fraction of sp³-hybridized carbons (Fsp3) is 0.500. The predicted molar refractivity (Wildman–Crippen MR) is 64.5 cm³/mol. The molecule has 0 aliphatic carbocycles. The highest BCUT2D eigenvalue weighted by Gasteiger charge is 2.16. The van der Waals surface area contributed by atoms with E-state index in [4.69, 9.17) is 21.1 Å². The lowest BCUT2D eigenvalue weighted by atomic mass is 10.1. The lowest BCUT2D eigenvalue weighted by molar-refractivity contribution is 0.161. The molecule has 1 fully saturated rings. The molecule has 1 saturated heterocycles. The second-order valence-corrected chi connectivity index (χ2v) is 4.32. The maximum Gasteiger partial charge on any atom is 0.162 e. The van der Waals surface area contributed by atoms with Crippen molar-refractivity contribution in [3.63, 3.8) is 0 Å². The first kappa shape index (κ1) is 11.6. The Kier molecular flexibility index (Phi) is 3.91. The van der Waals surface area contributed by atoms with Crippen LogP contribution in [-0.2, 0) is 0 Å². The van der Waals surface area contributed by atoms with Gasteiger partial charge in [-0.15, -0.1) is 0 Å². The number of ether oxygens (including phenoxy) is 2. The zero-order valence-electron chi connectivity index (χ0n) is 9.33. The van der Waals surface area contributed by atoms with E-state index >= 15 is 0 Å². The highest BCUT2D eigenvalue weighted by Crippen LogP contribution is 2.31. The SMILES string of the molecule is COc1cc(Cl)ccc1OC1CCCNC1. The summed E-state index contributed by atoms with van der Waals surface area (Å²) < 4.78 is 11.1. The van der Waals surface area contributed by atoms with Crippen molar-refractivity contribution in [3.8, 4) is 11.5 Å². The second kappa shape index (κ2) is 5.41. The van der Waals surface area contributed by atoms with Crippen LogP contribution in [-0.4, -0.2) is 26.3 Å². The van der Waals surface area contributed by atoms with E-state index < -0.39 is 0 Å². The zero-order chi connectivity index (χ0) is 11.4. The summed E-state index contributed by atoms with van der Waals surface area (Å²) in [5.41, 5.74) is 0. The average molecular weight is 242 g/mol. The molecule has 1 atom stereocenters. The van der Waals surface area contributed by atoms with Crippen molar-refractivity contribution in [1.29, 1.82) is 0 Å². The van der Waals surface area contributed by atoms with Gasteiger partial charge in [0.05, 0.1) is 7.11 Å². The third kappa shape index (κ3) is 2.80. The first-order valence-corrected chi connectivity index (χ1v) is 5.88. The third-order valence-electron chi connectivity index (χ3n) is 2.67. The number of hydrogen-bond donors (Lipinski definition) is 1. The molecule has 0 amide bonds. The third-order valence-corrected chi connectivity index (χ3v) is 2.91. The van der Waals surface area contributed by atoms with E-state index in [1.807, 2.05) is 12.1 Å². The highest BCUT2D eigenvalue weighted by molar-refractivity contribution is 6.30. The predicted octanol–water partition coefficient (Wildman–Crippen LogP) is 2.48. The molecule has 4 heteroatoms. The van der Waals surface area contributed by atoms with E-state index in [-0.39, 0.29) is 6.10 Å². The van der Waals surface area contributed by atoms with E-state index in [2.05, 4.69) is 5.32 Å². The Balaban J connectivity index is 2.07. The molecule has 1 N–H and O–H groups in total. The van der Waals surface area contributed by atoms with Crippen LogP contribution in [0.1, 0.15) is 12.8 Å². The fourth-order valence-corrected chi connectivity index (χ4v) is 2.00. The van der Waals surface area contributed by atoms with E-state index in [0.717, 1.165) is 31.7 Å². The van der Waals surface area contributed by atoms with Crippen LogP contribution in [0, 0.1) is 0 Å². The molecule has 1 unspecified atom stereocenters. The van der Waals surface area contributed by atoms with Crippen LogP contribution in [0.15, 0.2) is 18.2 Å². The van der Waals surface area contributed by atoms with Crippen molar-refractivity contribution in [3.05, 3.63) is 23.2 Å². The van der Waals surface area contributed by atoms with E-state index in [1.165, 1.54) is 0 Å². The molecule has 0 spiro atoms. The van der Waals surface area contributed by atoms with Crippen LogP contribution in [0.5, 0.6) is 11.5 Å². The Bertz CT molecular complexity index is 351. The topological polar surface area (TPSA) is 30.5 Å². The molecule has 0 bridgehead atoms. The molecule has 1 aromatic rings. The van der Waals surface area contributed by atoms with Gasteiger partial charge in [0.25, 0.3) is 0 Å². The van der Waals surface area contributed by atoms with Gasteiger partial charge >= 0.3 is 0 Å². The molecule has 88 valence electrons. The lowest BCUT2D eigenvalue weighted by Crippen LogP contribution is -2.37. The maximum absolute atomic E-state index is 5.89. The molecule has 16 heavy (non-hydrogen) atoms. The summed E-state index contributed by atoms with van der Waals surface area (Å²) in [6.45, 7) is 1.98. The largest absolute Gasteiger partial charge is 0.493 e. The van der Waals surface area contributed by atoms with Crippen molar-refractivity contribution in [2.75, 3.05) is 20.2 Å². The van der Waals surface area contributed by atoms with Gasteiger partial charge in [-0.25, -0.2) is 0 Å². The lowest BCUT2D eigenvalue weighted by Gasteiger charge is -2.24. The summed E-state index contributed by atoms with van der Waals surface area (Å²) in [6.07, 6.45) is 2.46. The first-order valence-electron chi connectivity index (χ1n) is 5.50. The maximum atomic E-state index is 5.89. The molecule has 0 saturated carbocycles. The van der Waals surface area contributed by atoms with Crippen LogP contribution in [0.4, 0.5) is 0 Å². The Morgan fingerprint density at radius 1 is 1.38 bits per heavy atom. The van der Waals surface area contributed by atoms with Gasteiger partial charge in [-0.2, -0.15) is 0 Å². The minimum absolute atomic E-state index is 0.226. The Morgan fingerprint density at radius 3 is 2.94 bits per heavy atom. The van der Waals surface area contributed by atoms with E-state index in [0.29, 0.717) is 10.8 Å². The molecule has 0 radical (unpaired) electrons. The molecule has 3 nitrogen and oxygen atoms in total. The smallest absolute Gasteiger partial charge is 0.162 e. The molecule has 0 aromatic heterocycles. The van der Waals surface area contributed by atoms with Gasteiger partial charge in [0, 0.05) is 17.6 Å².